The van der Waals surface area contributed by atoms with Crippen molar-refractivity contribution in [2.45, 2.75) is 13.0 Å². The molecule has 0 atom stereocenters. The molecule has 0 saturated carbocycles. The van der Waals surface area contributed by atoms with E-state index in [2.05, 4.69) is 10.3 Å². The molecule has 1 N–H and O–H groups in total. The Kier molecular flexibility index (Phi) is 3.71. The molecule has 6 heteroatoms. The molecular weight excluding hydrogens is 245 g/mol. The summed E-state index contributed by atoms with van der Waals surface area (Å²) in [5, 5.41) is 17.0. The molecule has 1 aromatic heterocycles. The predicted octanol–water partition coefficient (Wildman–Crippen LogP) is 1.65. The third-order valence-electron chi connectivity index (χ3n) is 2.29. The van der Waals surface area contributed by atoms with Gasteiger partial charge in [-0.2, -0.15) is 0 Å². The molecule has 2 rings (SSSR count). The number of hydrogen-bond donors (Lipinski definition) is 1. The minimum absolute atomic E-state index is 0.0272. The Bertz CT molecular complexity index is 515. The summed E-state index contributed by atoms with van der Waals surface area (Å²) in [6.07, 6.45) is 2.16. The topological polar surface area (TPSA) is 50.9 Å². The van der Waals surface area contributed by atoms with Crippen LogP contribution in [-0.2, 0) is 13.0 Å². The number of aliphatic hydroxyl groups excluding tert-OH is 1. The molecule has 0 aliphatic heterocycles. The molecule has 0 aliphatic rings. The van der Waals surface area contributed by atoms with E-state index >= 15 is 0 Å². The van der Waals surface area contributed by atoms with Crippen LogP contribution in [0.4, 0.5) is 4.39 Å². The van der Waals surface area contributed by atoms with Gasteiger partial charge in [-0.3, -0.25) is 0 Å². The zero-order chi connectivity index (χ0) is 12.3. The molecule has 17 heavy (non-hydrogen) atoms. The molecule has 0 spiro atoms. The Hall–Kier alpha value is -1.46. The first-order valence-corrected chi connectivity index (χ1v) is 5.50. The monoisotopic (exact) mass is 255 g/mol. The summed E-state index contributed by atoms with van der Waals surface area (Å²) in [7, 11) is 0. The van der Waals surface area contributed by atoms with Crippen LogP contribution in [-0.4, -0.2) is 26.7 Å². The van der Waals surface area contributed by atoms with Crippen LogP contribution in [0.1, 0.15) is 11.3 Å². The van der Waals surface area contributed by atoms with Crippen LogP contribution in [0, 0.1) is 5.82 Å². The van der Waals surface area contributed by atoms with Crippen LogP contribution in [0.2, 0.25) is 5.02 Å². The highest BCUT2D eigenvalue weighted by molar-refractivity contribution is 6.31. The van der Waals surface area contributed by atoms with Crippen LogP contribution < -0.4 is 0 Å². The molecule has 0 radical (unpaired) electrons. The number of nitrogens with zero attached hydrogens (tertiary/aromatic N) is 3. The van der Waals surface area contributed by atoms with E-state index in [1.165, 1.54) is 18.2 Å². The summed E-state index contributed by atoms with van der Waals surface area (Å²) in [6.45, 7) is 0.383. The highest BCUT2D eigenvalue weighted by Gasteiger charge is 2.05. The smallest absolute Gasteiger partial charge is 0.123 e. The standard InChI is InChI=1S/C11H11ClFN3O/c12-11-2-1-9(13)5-8(11)6-16-7-10(3-4-17)14-15-16/h1-2,5,7,17H,3-4,6H2. The normalized spacial score (nSPS) is 10.8. The van der Waals surface area contributed by atoms with Crippen LogP contribution in [0.25, 0.3) is 0 Å². The summed E-state index contributed by atoms with van der Waals surface area (Å²) in [4.78, 5) is 0. The van der Waals surface area contributed by atoms with Crippen LogP contribution in [0.15, 0.2) is 24.4 Å². The number of hydrogen-bond acceptors (Lipinski definition) is 3. The molecule has 4 nitrogen and oxygen atoms in total. The van der Waals surface area contributed by atoms with Crippen LogP contribution >= 0.6 is 11.6 Å². The zero-order valence-corrected chi connectivity index (χ0v) is 9.73. The Labute approximate surface area is 103 Å². The lowest BCUT2D eigenvalue weighted by molar-refractivity contribution is 0.298. The van der Waals surface area contributed by atoms with E-state index in [0.29, 0.717) is 29.2 Å². The number of benzene rings is 1. The molecular formula is C11H11ClFN3O. The van der Waals surface area contributed by atoms with Gasteiger partial charge < -0.3 is 5.11 Å². The first kappa shape index (κ1) is 12.0. The average molecular weight is 256 g/mol. The SMILES string of the molecule is OCCc1cn(Cc2cc(F)ccc2Cl)nn1. The Morgan fingerprint density at radius 3 is 3.00 bits per heavy atom. The molecule has 0 aliphatic carbocycles. The summed E-state index contributed by atoms with van der Waals surface area (Å²) in [5.41, 5.74) is 1.34. The number of aromatic nitrogens is 3. The van der Waals surface area contributed by atoms with Crippen molar-refractivity contribution in [1.82, 2.24) is 15.0 Å². The van der Waals surface area contributed by atoms with Crippen molar-refractivity contribution < 1.29 is 9.50 Å². The summed E-state index contributed by atoms with van der Waals surface area (Å²) in [5.74, 6) is -0.333. The lowest BCUT2D eigenvalue weighted by Gasteiger charge is -2.03. The number of rotatable bonds is 4. The van der Waals surface area contributed by atoms with Gasteiger partial charge in [-0.05, 0) is 23.8 Å². The Balaban J connectivity index is 2.16. The quantitative estimate of drug-likeness (QED) is 0.904. The highest BCUT2D eigenvalue weighted by Crippen LogP contribution is 2.17. The lowest BCUT2D eigenvalue weighted by atomic mass is 10.2. The summed E-state index contributed by atoms with van der Waals surface area (Å²) in [6, 6.07) is 4.19. The van der Waals surface area contributed by atoms with Crippen molar-refractivity contribution in [3.63, 3.8) is 0 Å². The lowest BCUT2D eigenvalue weighted by Crippen LogP contribution is -2.01. The van der Waals surface area contributed by atoms with E-state index in [-0.39, 0.29) is 12.4 Å². The van der Waals surface area contributed by atoms with Crippen molar-refractivity contribution >= 4 is 11.6 Å². The minimum Gasteiger partial charge on any atom is -0.396 e. The van der Waals surface area contributed by atoms with Crippen LogP contribution in [0.5, 0.6) is 0 Å². The first-order chi connectivity index (χ1) is 8.19. The van der Waals surface area contributed by atoms with E-state index < -0.39 is 0 Å². The van der Waals surface area contributed by atoms with Gasteiger partial charge in [0.15, 0.2) is 0 Å². The second kappa shape index (κ2) is 5.25. The van der Waals surface area contributed by atoms with Gasteiger partial charge in [0.2, 0.25) is 0 Å². The molecule has 90 valence electrons. The third kappa shape index (κ3) is 3.01. The maximum Gasteiger partial charge on any atom is 0.123 e. The summed E-state index contributed by atoms with van der Waals surface area (Å²) < 4.78 is 14.6. The van der Waals surface area contributed by atoms with Gasteiger partial charge in [-0.1, -0.05) is 16.8 Å². The van der Waals surface area contributed by atoms with Gasteiger partial charge in [0.05, 0.1) is 12.2 Å². The second-order valence-electron chi connectivity index (χ2n) is 3.62. The molecule has 1 aromatic carbocycles. The van der Waals surface area contributed by atoms with Crippen molar-refractivity contribution in [2.24, 2.45) is 0 Å². The minimum atomic E-state index is -0.333. The van der Waals surface area contributed by atoms with Gasteiger partial charge in [0.25, 0.3) is 0 Å². The van der Waals surface area contributed by atoms with Crippen molar-refractivity contribution in [1.29, 1.82) is 0 Å². The number of aliphatic hydroxyl groups is 1. The Morgan fingerprint density at radius 2 is 2.24 bits per heavy atom. The maximum atomic E-state index is 13.0. The largest absolute Gasteiger partial charge is 0.396 e. The van der Waals surface area contributed by atoms with Gasteiger partial charge in [-0.15, -0.1) is 5.10 Å². The first-order valence-electron chi connectivity index (χ1n) is 5.13. The highest BCUT2D eigenvalue weighted by atomic mass is 35.5. The van der Waals surface area contributed by atoms with Crippen LogP contribution in [0.3, 0.4) is 0 Å². The molecule has 0 unspecified atom stereocenters. The Morgan fingerprint density at radius 1 is 1.41 bits per heavy atom. The molecule has 0 saturated heterocycles. The molecule has 2 aromatic rings. The van der Waals surface area contributed by atoms with Gasteiger partial charge >= 0.3 is 0 Å². The molecule has 1 heterocycles. The number of halogens is 2. The fraction of sp³-hybridized carbons (Fsp3) is 0.273. The fourth-order valence-electron chi connectivity index (χ4n) is 1.48. The molecule has 0 bridgehead atoms. The van der Waals surface area contributed by atoms with Gasteiger partial charge in [-0.25, -0.2) is 9.07 Å². The maximum absolute atomic E-state index is 13.0. The molecule has 0 fully saturated rings. The summed E-state index contributed by atoms with van der Waals surface area (Å²) >= 11 is 5.95. The zero-order valence-electron chi connectivity index (χ0n) is 8.98. The molecule has 0 amide bonds. The van der Waals surface area contributed by atoms with E-state index in [1.807, 2.05) is 0 Å². The predicted molar refractivity (Wildman–Crippen MR) is 61.3 cm³/mol. The van der Waals surface area contributed by atoms with Crippen molar-refractivity contribution in [3.05, 3.63) is 46.5 Å². The van der Waals surface area contributed by atoms with Gasteiger partial charge in [0, 0.05) is 24.2 Å². The van der Waals surface area contributed by atoms with Crippen molar-refractivity contribution in [3.8, 4) is 0 Å². The van der Waals surface area contributed by atoms with E-state index in [1.54, 1.807) is 10.9 Å². The third-order valence-corrected chi connectivity index (χ3v) is 2.66. The van der Waals surface area contributed by atoms with Crippen molar-refractivity contribution in [2.75, 3.05) is 6.61 Å². The fourth-order valence-corrected chi connectivity index (χ4v) is 1.66. The van der Waals surface area contributed by atoms with Gasteiger partial charge in [0.1, 0.15) is 5.82 Å². The van der Waals surface area contributed by atoms with E-state index in [4.69, 9.17) is 16.7 Å². The second-order valence-corrected chi connectivity index (χ2v) is 4.02. The average Bonchev–Trinajstić information content (AvgIpc) is 2.72. The van der Waals surface area contributed by atoms with E-state index in [0.717, 1.165) is 0 Å². The van der Waals surface area contributed by atoms with E-state index in [9.17, 15) is 4.39 Å².